The number of nitrogens with zero attached hydrogens (tertiary/aromatic N) is 4. The lowest BCUT2D eigenvalue weighted by Gasteiger charge is -2.37. The van der Waals surface area contributed by atoms with Crippen molar-refractivity contribution in [2.45, 2.75) is 39.0 Å². The summed E-state index contributed by atoms with van der Waals surface area (Å²) >= 11 is 0. The van der Waals surface area contributed by atoms with Crippen LogP contribution in [0.5, 0.6) is 0 Å². The maximum atomic E-state index is 13.0. The van der Waals surface area contributed by atoms with Gasteiger partial charge >= 0.3 is 0 Å². The first-order valence-electron chi connectivity index (χ1n) is 10.3. The number of nitrogens with one attached hydrogen (secondary N) is 1. The van der Waals surface area contributed by atoms with Crippen LogP contribution in [0.4, 0.5) is 10.1 Å². The lowest BCUT2D eigenvalue weighted by atomic mass is 9.76. The van der Waals surface area contributed by atoms with Crippen molar-refractivity contribution >= 4 is 41.8 Å². The summed E-state index contributed by atoms with van der Waals surface area (Å²) in [4.78, 5) is 14.0. The van der Waals surface area contributed by atoms with Crippen molar-refractivity contribution in [2.24, 2.45) is 21.2 Å². The van der Waals surface area contributed by atoms with Crippen LogP contribution in [0.15, 0.2) is 57.8 Å². The molecule has 0 radical (unpaired) electrons. The number of amides is 1. The van der Waals surface area contributed by atoms with Crippen LogP contribution in [0, 0.1) is 11.7 Å². The number of fused-ring (bicyclic) bond motifs is 1. The van der Waals surface area contributed by atoms with Gasteiger partial charge in [-0.25, -0.2) is 4.39 Å². The van der Waals surface area contributed by atoms with Crippen LogP contribution < -0.4 is 10.3 Å². The second-order valence-electron chi connectivity index (χ2n) is 8.80. The fourth-order valence-corrected chi connectivity index (χ4v) is 4.04. The van der Waals surface area contributed by atoms with Crippen LogP contribution in [0.3, 0.4) is 0 Å². The van der Waals surface area contributed by atoms with Gasteiger partial charge in [-0.2, -0.15) is 10.2 Å². The molecule has 0 fully saturated rings. The van der Waals surface area contributed by atoms with E-state index in [4.69, 9.17) is 0 Å². The second-order valence-corrected chi connectivity index (χ2v) is 8.80. The standard InChI is InChI=1S/C24H26FN5O.ClH.H2O/c1-15-11-21(27-26-14-16-5-8-18(25)9-6-16)28-29-23(15)17-7-10-20-19(12-17)24(2,3)13-22(31)30(20)4;;/h5-10,12,14-15H,11,13H2,1-4H3,(H,27,28);1H;1H2/b26-14+;;. The Morgan fingerprint density at radius 2 is 1.88 bits per heavy atom. The molecule has 33 heavy (non-hydrogen) atoms. The summed E-state index contributed by atoms with van der Waals surface area (Å²) in [6.45, 7) is 6.32. The normalized spacial score (nSPS) is 19.1. The van der Waals surface area contributed by atoms with Crippen molar-refractivity contribution in [3.63, 3.8) is 0 Å². The highest BCUT2D eigenvalue weighted by Crippen LogP contribution is 2.40. The maximum absolute atomic E-state index is 13.0. The van der Waals surface area contributed by atoms with Crippen molar-refractivity contribution < 1.29 is 14.7 Å². The van der Waals surface area contributed by atoms with E-state index in [1.165, 1.54) is 12.1 Å². The Balaban J connectivity index is 0.00000193. The fraction of sp³-hybridized carbons (Fsp3) is 0.333. The van der Waals surface area contributed by atoms with Crippen molar-refractivity contribution in [3.8, 4) is 0 Å². The third-order valence-electron chi connectivity index (χ3n) is 5.87. The molecule has 0 saturated heterocycles. The number of anilines is 1. The summed E-state index contributed by atoms with van der Waals surface area (Å²) in [5.41, 5.74) is 7.56. The number of carbonyl (C=O) groups excluding carboxylic acids is 1. The largest absolute Gasteiger partial charge is 0.412 e. The van der Waals surface area contributed by atoms with E-state index < -0.39 is 0 Å². The molecule has 0 aromatic heterocycles. The minimum atomic E-state index is -0.277. The molecule has 0 bridgehead atoms. The first-order chi connectivity index (χ1) is 14.7. The minimum absolute atomic E-state index is 0. The fourth-order valence-electron chi connectivity index (χ4n) is 4.04. The van der Waals surface area contributed by atoms with Crippen LogP contribution in [0.25, 0.3) is 0 Å². The summed E-state index contributed by atoms with van der Waals surface area (Å²) in [6.07, 6.45) is 2.79. The summed E-state index contributed by atoms with van der Waals surface area (Å²) < 4.78 is 13.0. The molecule has 2 heterocycles. The number of amidine groups is 1. The quantitative estimate of drug-likeness (QED) is 0.541. The zero-order valence-electron chi connectivity index (χ0n) is 19.1. The molecular formula is C24H29ClFN5O2. The highest BCUT2D eigenvalue weighted by atomic mass is 35.5. The number of benzene rings is 2. The summed E-state index contributed by atoms with van der Waals surface area (Å²) in [5, 5.41) is 13.0. The molecule has 0 saturated carbocycles. The van der Waals surface area contributed by atoms with Gasteiger partial charge in [-0.1, -0.05) is 39.0 Å². The van der Waals surface area contributed by atoms with Gasteiger partial charge in [-0.05, 0) is 41.0 Å². The Morgan fingerprint density at radius 1 is 1.18 bits per heavy atom. The van der Waals surface area contributed by atoms with Gasteiger partial charge in [0.05, 0.1) is 11.9 Å². The average molecular weight is 474 g/mol. The molecular weight excluding hydrogens is 445 g/mol. The van der Waals surface area contributed by atoms with Gasteiger partial charge in [0.25, 0.3) is 0 Å². The molecule has 2 aromatic carbocycles. The van der Waals surface area contributed by atoms with E-state index in [9.17, 15) is 9.18 Å². The molecule has 9 heteroatoms. The van der Waals surface area contributed by atoms with Crippen molar-refractivity contribution in [3.05, 3.63) is 65.0 Å². The van der Waals surface area contributed by atoms with Gasteiger partial charge in [0.2, 0.25) is 5.91 Å². The number of halogens is 2. The molecule has 7 nitrogen and oxygen atoms in total. The number of hydrogen-bond donors (Lipinski definition) is 1. The molecule has 0 aliphatic carbocycles. The molecule has 1 atom stereocenters. The van der Waals surface area contributed by atoms with E-state index in [-0.39, 0.29) is 40.9 Å². The smallest absolute Gasteiger partial charge is 0.227 e. The Morgan fingerprint density at radius 3 is 2.55 bits per heavy atom. The number of hydrazone groups is 1. The Labute approximate surface area is 199 Å². The zero-order chi connectivity index (χ0) is 22.2. The third-order valence-corrected chi connectivity index (χ3v) is 5.87. The number of rotatable bonds is 3. The van der Waals surface area contributed by atoms with Crippen molar-refractivity contribution in [1.29, 1.82) is 0 Å². The minimum Gasteiger partial charge on any atom is -0.412 e. The van der Waals surface area contributed by atoms with Crippen LogP contribution >= 0.6 is 12.4 Å². The predicted molar refractivity (Wildman–Crippen MR) is 133 cm³/mol. The molecule has 2 aliphatic rings. The van der Waals surface area contributed by atoms with E-state index in [1.807, 2.05) is 19.2 Å². The monoisotopic (exact) mass is 473 g/mol. The van der Waals surface area contributed by atoms with Crippen molar-refractivity contribution in [2.75, 3.05) is 11.9 Å². The topological polar surface area (TPSA) is 101 Å². The van der Waals surface area contributed by atoms with Crippen LogP contribution in [-0.2, 0) is 10.2 Å². The van der Waals surface area contributed by atoms with Gasteiger partial charge in [-0.3, -0.25) is 10.2 Å². The molecule has 3 N–H and O–H groups in total. The Hall–Kier alpha value is -3.10. The Bertz CT molecular complexity index is 1110. The van der Waals surface area contributed by atoms with E-state index in [2.05, 4.69) is 47.6 Å². The van der Waals surface area contributed by atoms with Gasteiger partial charge in [0.15, 0.2) is 0 Å². The van der Waals surface area contributed by atoms with Gasteiger partial charge in [-0.15, -0.1) is 17.5 Å². The predicted octanol–water partition coefficient (Wildman–Crippen LogP) is 3.83. The van der Waals surface area contributed by atoms with Crippen LogP contribution in [0.1, 0.15) is 50.3 Å². The lowest BCUT2D eigenvalue weighted by molar-refractivity contribution is -0.119. The SMILES string of the molecule is CC1CC(N/N=C/c2ccc(F)cc2)=NN=C1c1ccc2c(c1)C(C)(C)CC(=O)N2C.Cl.O. The molecule has 1 unspecified atom stereocenters. The lowest BCUT2D eigenvalue weighted by Crippen LogP contribution is -2.39. The van der Waals surface area contributed by atoms with E-state index >= 15 is 0 Å². The summed E-state index contributed by atoms with van der Waals surface area (Å²) in [7, 11) is 1.82. The first-order valence-corrected chi connectivity index (χ1v) is 10.3. The second kappa shape index (κ2) is 10.2. The molecule has 2 aromatic rings. The maximum Gasteiger partial charge on any atom is 0.227 e. The van der Waals surface area contributed by atoms with Gasteiger partial charge in [0, 0.05) is 36.9 Å². The van der Waals surface area contributed by atoms with Gasteiger partial charge in [0.1, 0.15) is 11.7 Å². The van der Waals surface area contributed by atoms with E-state index in [0.29, 0.717) is 18.7 Å². The number of carbonyl (C=O) groups is 1. The Kier molecular flexibility index (Phi) is 8.11. The third kappa shape index (κ3) is 5.46. The zero-order valence-corrected chi connectivity index (χ0v) is 19.9. The van der Waals surface area contributed by atoms with E-state index in [0.717, 1.165) is 28.1 Å². The van der Waals surface area contributed by atoms with E-state index in [1.54, 1.807) is 23.2 Å². The highest BCUT2D eigenvalue weighted by molar-refractivity contribution is 6.07. The summed E-state index contributed by atoms with van der Waals surface area (Å²) in [6, 6.07) is 12.3. The average Bonchev–Trinajstić information content (AvgIpc) is 2.73. The molecule has 1 amide bonds. The molecule has 2 aliphatic heterocycles. The first kappa shape index (κ1) is 26.2. The molecule has 0 spiro atoms. The van der Waals surface area contributed by atoms with Crippen molar-refractivity contribution in [1.82, 2.24) is 5.43 Å². The molecule has 176 valence electrons. The van der Waals surface area contributed by atoms with Gasteiger partial charge < -0.3 is 10.4 Å². The number of hydrogen-bond acceptors (Lipinski definition) is 5. The van der Waals surface area contributed by atoms with Crippen LogP contribution in [0.2, 0.25) is 0 Å². The molecule has 4 rings (SSSR count). The summed E-state index contributed by atoms with van der Waals surface area (Å²) in [5.74, 6) is 0.694. The van der Waals surface area contributed by atoms with Crippen LogP contribution in [-0.4, -0.2) is 36.2 Å². The highest BCUT2D eigenvalue weighted by Gasteiger charge is 2.35.